The molecule has 4 nitrogen and oxygen atoms in total. The van der Waals surface area contributed by atoms with E-state index < -0.39 is 0 Å². The number of halogens is 2. The minimum Gasteiger partial charge on any atom is -0.319 e. The lowest BCUT2D eigenvalue weighted by Crippen LogP contribution is -2.14. The van der Waals surface area contributed by atoms with E-state index in [0.29, 0.717) is 5.56 Å². The minimum atomic E-state index is -0.120. The number of aromatic nitrogens is 2. The monoisotopic (exact) mass is 433 g/mol. The van der Waals surface area contributed by atoms with E-state index in [2.05, 4.69) is 48.9 Å². The van der Waals surface area contributed by atoms with Gasteiger partial charge in [0.1, 0.15) is 0 Å². The number of carbonyl (C=O) groups excluding carboxylic acids is 1. The zero-order valence-electron chi connectivity index (χ0n) is 10.8. The third kappa shape index (κ3) is 3.00. The first-order valence-corrected chi connectivity index (χ1v) is 7.54. The maximum absolute atomic E-state index is 12.3. The first-order chi connectivity index (χ1) is 8.90. The molecule has 0 radical (unpaired) electrons. The summed E-state index contributed by atoms with van der Waals surface area (Å²) >= 11 is 5.54. The molecule has 0 atom stereocenters. The van der Waals surface area contributed by atoms with Gasteiger partial charge in [0.2, 0.25) is 0 Å². The zero-order chi connectivity index (χ0) is 14.2. The fraction of sp³-hybridized carbons (Fsp3) is 0.231. The van der Waals surface area contributed by atoms with E-state index in [0.717, 1.165) is 25.1 Å². The Morgan fingerprint density at radius 2 is 2.11 bits per heavy atom. The number of nitrogens with zero attached hydrogens (tertiary/aromatic N) is 2. The van der Waals surface area contributed by atoms with Crippen LogP contribution in [0.5, 0.6) is 0 Å². The lowest BCUT2D eigenvalue weighted by Gasteiger charge is -2.08. The molecule has 0 fully saturated rings. The summed E-state index contributed by atoms with van der Waals surface area (Å²) in [6.07, 6.45) is 0. The van der Waals surface area contributed by atoms with Crippen molar-refractivity contribution in [3.05, 3.63) is 43.2 Å². The third-order valence-corrected chi connectivity index (χ3v) is 4.35. The Hall–Kier alpha value is -0.890. The Balaban J connectivity index is 2.33. The van der Waals surface area contributed by atoms with Crippen LogP contribution in [-0.4, -0.2) is 15.7 Å². The molecule has 19 heavy (non-hydrogen) atoms. The molecule has 0 saturated heterocycles. The molecule has 0 unspecified atom stereocenters. The van der Waals surface area contributed by atoms with E-state index in [-0.39, 0.29) is 5.91 Å². The third-order valence-electron chi connectivity index (χ3n) is 2.92. The smallest absolute Gasteiger partial charge is 0.256 e. The van der Waals surface area contributed by atoms with Crippen molar-refractivity contribution in [2.24, 2.45) is 7.05 Å². The van der Waals surface area contributed by atoms with Crippen LogP contribution in [0, 0.1) is 17.4 Å². The van der Waals surface area contributed by atoms with Gasteiger partial charge in [-0.2, -0.15) is 5.10 Å². The highest BCUT2D eigenvalue weighted by Crippen LogP contribution is 2.22. The molecule has 0 aliphatic rings. The molecule has 0 aliphatic carbocycles. The highest BCUT2D eigenvalue weighted by atomic mass is 127. The molecule has 6 heteroatoms. The molecular formula is C13H13BrIN3O. The number of hydrogen-bond donors (Lipinski definition) is 1. The van der Waals surface area contributed by atoms with Gasteiger partial charge in [0.05, 0.1) is 22.6 Å². The fourth-order valence-electron chi connectivity index (χ4n) is 1.81. The summed E-state index contributed by atoms with van der Waals surface area (Å²) in [5.74, 6) is -0.120. The van der Waals surface area contributed by atoms with E-state index in [9.17, 15) is 4.79 Å². The van der Waals surface area contributed by atoms with Crippen LogP contribution >= 0.6 is 38.5 Å². The van der Waals surface area contributed by atoms with Crippen molar-refractivity contribution in [3.8, 4) is 0 Å². The Morgan fingerprint density at radius 3 is 2.68 bits per heavy atom. The Bertz CT molecular complexity index is 652. The van der Waals surface area contributed by atoms with Gasteiger partial charge >= 0.3 is 0 Å². The average molecular weight is 434 g/mol. The van der Waals surface area contributed by atoms with Gasteiger partial charge in [0.25, 0.3) is 5.91 Å². The SMILES string of the molecule is Cc1nn(C)c(C)c1NC(=O)c1cc(Br)ccc1I. The Morgan fingerprint density at radius 1 is 1.42 bits per heavy atom. The second-order valence-corrected chi connectivity index (χ2v) is 6.33. The average Bonchev–Trinajstić information content (AvgIpc) is 2.59. The lowest BCUT2D eigenvalue weighted by molar-refractivity contribution is 0.102. The largest absolute Gasteiger partial charge is 0.319 e. The van der Waals surface area contributed by atoms with Crippen molar-refractivity contribution >= 4 is 50.1 Å². The highest BCUT2D eigenvalue weighted by Gasteiger charge is 2.15. The van der Waals surface area contributed by atoms with E-state index in [1.807, 2.05) is 39.1 Å². The summed E-state index contributed by atoms with van der Waals surface area (Å²) < 4.78 is 3.56. The number of carbonyl (C=O) groups is 1. The topological polar surface area (TPSA) is 46.9 Å². The molecule has 1 aromatic heterocycles. The summed E-state index contributed by atoms with van der Waals surface area (Å²) in [4.78, 5) is 12.3. The molecule has 0 aliphatic heterocycles. The van der Waals surface area contributed by atoms with Crippen LogP contribution in [0.1, 0.15) is 21.7 Å². The van der Waals surface area contributed by atoms with Crippen LogP contribution in [0.3, 0.4) is 0 Å². The molecule has 1 amide bonds. The second kappa shape index (κ2) is 5.62. The van der Waals surface area contributed by atoms with Gasteiger partial charge in [-0.25, -0.2) is 0 Å². The van der Waals surface area contributed by atoms with Crippen LogP contribution < -0.4 is 5.32 Å². The van der Waals surface area contributed by atoms with Crippen molar-refractivity contribution in [2.75, 3.05) is 5.32 Å². The number of amides is 1. The van der Waals surface area contributed by atoms with Crippen molar-refractivity contribution in [3.63, 3.8) is 0 Å². The molecule has 2 rings (SSSR count). The quantitative estimate of drug-likeness (QED) is 0.734. The molecule has 1 N–H and O–H groups in total. The predicted molar refractivity (Wildman–Crippen MR) is 87.5 cm³/mol. The number of benzene rings is 1. The summed E-state index contributed by atoms with van der Waals surface area (Å²) in [7, 11) is 1.86. The normalized spacial score (nSPS) is 10.6. The van der Waals surface area contributed by atoms with Crippen LogP contribution in [0.4, 0.5) is 5.69 Å². The first kappa shape index (κ1) is 14.5. The first-order valence-electron chi connectivity index (χ1n) is 5.66. The molecule has 2 aromatic rings. The van der Waals surface area contributed by atoms with E-state index in [1.165, 1.54) is 0 Å². The molecule has 1 aromatic carbocycles. The molecule has 100 valence electrons. The standard InChI is InChI=1S/C13H13BrIN3O/c1-7-12(8(2)18(3)17-7)16-13(19)10-6-9(14)4-5-11(10)15/h4-6H,1-3H3,(H,16,19). The predicted octanol–water partition coefficient (Wildman–Crippen LogP) is 3.66. The number of hydrogen-bond acceptors (Lipinski definition) is 2. The molecule has 0 saturated carbocycles. The van der Waals surface area contributed by atoms with E-state index >= 15 is 0 Å². The van der Waals surface area contributed by atoms with Gasteiger partial charge in [-0.1, -0.05) is 15.9 Å². The number of rotatable bonds is 2. The minimum absolute atomic E-state index is 0.120. The van der Waals surface area contributed by atoms with Gasteiger partial charge in [-0.05, 0) is 54.6 Å². The molecule has 1 heterocycles. The maximum Gasteiger partial charge on any atom is 0.256 e. The van der Waals surface area contributed by atoms with E-state index in [1.54, 1.807) is 4.68 Å². The fourth-order valence-corrected chi connectivity index (χ4v) is 2.75. The van der Waals surface area contributed by atoms with E-state index in [4.69, 9.17) is 0 Å². The maximum atomic E-state index is 12.3. The van der Waals surface area contributed by atoms with Gasteiger partial charge < -0.3 is 5.32 Å². The highest BCUT2D eigenvalue weighted by molar-refractivity contribution is 14.1. The number of nitrogens with one attached hydrogen (secondary N) is 1. The van der Waals surface area contributed by atoms with Gasteiger partial charge in [-0.3, -0.25) is 9.48 Å². The number of aryl methyl sites for hydroxylation is 2. The van der Waals surface area contributed by atoms with Crippen LogP contribution in [0.15, 0.2) is 22.7 Å². The summed E-state index contributed by atoms with van der Waals surface area (Å²) in [5, 5.41) is 7.22. The Kier molecular flexibility index (Phi) is 4.29. The molecule has 0 bridgehead atoms. The van der Waals surface area contributed by atoms with Crippen molar-refractivity contribution in [2.45, 2.75) is 13.8 Å². The van der Waals surface area contributed by atoms with Gasteiger partial charge in [-0.15, -0.1) is 0 Å². The van der Waals surface area contributed by atoms with Crippen molar-refractivity contribution in [1.82, 2.24) is 9.78 Å². The zero-order valence-corrected chi connectivity index (χ0v) is 14.5. The van der Waals surface area contributed by atoms with Crippen molar-refractivity contribution < 1.29 is 4.79 Å². The van der Waals surface area contributed by atoms with Crippen LogP contribution in [0.25, 0.3) is 0 Å². The summed E-state index contributed by atoms with van der Waals surface area (Å²) in [6, 6.07) is 5.64. The number of anilines is 1. The summed E-state index contributed by atoms with van der Waals surface area (Å²) in [6.45, 7) is 3.82. The molecular weight excluding hydrogens is 421 g/mol. The van der Waals surface area contributed by atoms with Gasteiger partial charge in [0, 0.05) is 15.1 Å². The van der Waals surface area contributed by atoms with Gasteiger partial charge in [0.15, 0.2) is 0 Å². The summed E-state index contributed by atoms with van der Waals surface area (Å²) in [5.41, 5.74) is 3.19. The Labute approximate surface area is 133 Å². The van der Waals surface area contributed by atoms with Crippen LogP contribution in [0.2, 0.25) is 0 Å². The lowest BCUT2D eigenvalue weighted by atomic mass is 10.2. The molecule has 0 spiro atoms. The van der Waals surface area contributed by atoms with Crippen LogP contribution in [-0.2, 0) is 7.05 Å². The van der Waals surface area contributed by atoms with Crippen molar-refractivity contribution in [1.29, 1.82) is 0 Å². The second-order valence-electron chi connectivity index (χ2n) is 4.25.